The van der Waals surface area contributed by atoms with E-state index in [0.29, 0.717) is 26.2 Å². The fourth-order valence-corrected chi connectivity index (χ4v) is 4.06. The molecule has 0 unspecified atom stereocenters. The Hall–Kier alpha value is -2.80. The van der Waals surface area contributed by atoms with Crippen LogP contribution in [-0.2, 0) is 10.0 Å². The van der Waals surface area contributed by atoms with Gasteiger partial charge in [-0.15, -0.1) is 13.2 Å². The molecule has 1 heterocycles. The molecule has 3 rings (SSSR count). The van der Waals surface area contributed by atoms with Crippen LogP contribution in [0, 0.1) is 0 Å². The van der Waals surface area contributed by atoms with Gasteiger partial charge >= 0.3 is 13.0 Å². The Morgan fingerprint density at radius 1 is 1.06 bits per heavy atom. The normalized spacial score (nSPS) is 15.1. The maximum absolute atomic E-state index is 12.8. The molecule has 1 aliphatic heterocycles. The van der Waals surface area contributed by atoms with E-state index in [1.807, 2.05) is 0 Å². The van der Waals surface area contributed by atoms with Crippen molar-refractivity contribution in [3.05, 3.63) is 42.5 Å². The Bertz CT molecular complexity index is 1010. The van der Waals surface area contributed by atoms with Crippen LogP contribution in [0.25, 0.3) is 0 Å². The standard InChI is InChI=1S/C18H18F5N3O4S/c19-17(20)29-13-2-1-3-14(11-13)31(27,28)25-12-4-5-16(30-18(21,22)23)15(10-12)26-8-6-24-7-9-26/h1-5,10-11,17,24-25H,6-9H2. The summed E-state index contributed by atoms with van der Waals surface area (Å²) in [6, 6.07) is 7.81. The molecule has 1 fully saturated rings. The van der Waals surface area contributed by atoms with E-state index in [4.69, 9.17) is 0 Å². The van der Waals surface area contributed by atoms with E-state index in [0.717, 1.165) is 24.3 Å². The first-order valence-corrected chi connectivity index (χ1v) is 10.4. The van der Waals surface area contributed by atoms with Gasteiger partial charge in [-0.1, -0.05) is 6.07 Å². The summed E-state index contributed by atoms with van der Waals surface area (Å²) in [5, 5.41) is 3.06. The van der Waals surface area contributed by atoms with Gasteiger partial charge in [0.25, 0.3) is 10.0 Å². The van der Waals surface area contributed by atoms with Gasteiger partial charge in [0.2, 0.25) is 0 Å². The third-order valence-corrected chi connectivity index (χ3v) is 5.61. The largest absolute Gasteiger partial charge is 0.573 e. The zero-order chi connectivity index (χ0) is 22.6. The SMILES string of the molecule is O=S(=O)(Nc1ccc(OC(F)(F)F)c(N2CCNCC2)c1)c1cccc(OC(F)F)c1. The van der Waals surface area contributed by atoms with Gasteiger partial charge < -0.3 is 19.7 Å². The Kier molecular flexibility index (Phi) is 6.74. The molecule has 1 saturated heterocycles. The molecule has 0 amide bonds. The minimum atomic E-state index is -4.92. The smallest absolute Gasteiger partial charge is 0.435 e. The Labute approximate surface area is 174 Å². The molecular weight excluding hydrogens is 449 g/mol. The van der Waals surface area contributed by atoms with E-state index in [2.05, 4.69) is 19.5 Å². The van der Waals surface area contributed by atoms with Crippen molar-refractivity contribution in [3.63, 3.8) is 0 Å². The summed E-state index contributed by atoms with van der Waals surface area (Å²) in [6.45, 7) is -1.31. The Morgan fingerprint density at radius 2 is 1.77 bits per heavy atom. The second-order valence-corrected chi connectivity index (χ2v) is 8.11. The van der Waals surface area contributed by atoms with Gasteiger partial charge in [0.1, 0.15) is 5.75 Å². The van der Waals surface area contributed by atoms with Crippen LogP contribution in [0.1, 0.15) is 0 Å². The molecule has 2 N–H and O–H groups in total. The molecule has 0 aromatic heterocycles. The second kappa shape index (κ2) is 9.14. The quantitative estimate of drug-likeness (QED) is 0.608. The number of ether oxygens (including phenoxy) is 2. The lowest BCUT2D eigenvalue weighted by Gasteiger charge is -2.31. The zero-order valence-electron chi connectivity index (χ0n) is 15.8. The third kappa shape index (κ3) is 6.34. The molecule has 2 aromatic carbocycles. The average molecular weight is 467 g/mol. The first-order chi connectivity index (χ1) is 14.5. The van der Waals surface area contributed by atoms with Crippen molar-refractivity contribution >= 4 is 21.4 Å². The number of anilines is 2. The van der Waals surface area contributed by atoms with Crippen LogP contribution in [0.3, 0.4) is 0 Å². The molecule has 13 heteroatoms. The molecule has 1 aliphatic rings. The lowest BCUT2D eigenvalue weighted by atomic mass is 10.2. The van der Waals surface area contributed by atoms with Crippen molar-refractivity contribution in [2.24, 2.45) is 0 Å². The molecule has 31 heavy (non-hydrogen) atoms. The summed E-state index contributed by atoms with van der Waals surface area (Å²) in [7, 11) is -4.24. The van der Waals surface area contributed by atoms with Gasteiger partial charge in [0.05, 0.1) is 16.3 Å². The van der Waals surface area contributed by atoms with Crippen molar-refractivity contribution in [3.8, 4) is 11.5 Å². The first-order valence-electron chi connectivity index (χ1n) is 8.97. The van der Waals surface area contributed by atoms with Crippen molar-refractivity contribution in [2.45, 2.75) is 17.9 Å². The van der Waals surface area contributed by atoms with E-state index in [9.17, 15) is 30.4 Å². The molecule has 0 bridgehead atoms. The van der Waals surface area contributed by atoms with E-state index in [1.165, 1.54) is 18.2 Å². The number of nitrogens with zero attached hydrogens (tertiary/aromatic N) is 1. The van der Waals surface area contributed by atoms with Crippen LogP contribution in [0.5, 0.6) is 11.5 Å². The number of alkyl halides is 5. The van der Waals surface area contributed by atoms with Gasteiger partial charge in [-0.25, -0.2) is 8.42 Å². The van der Waals surface area contributed by atoms with Crippen LogP contribution >= 0.6 is 0 Å². The first kappa shape index (κ1) is 22.9. The lowest BCUT2D eigenvalue weighted by Crippen LogP contribution is -2.43. The topological polar surface area (TPSA) is 79.9 Å². The van der Waals surface area contributed by atoms with E-state index >= 15 is 0 Å². The fraction of sp³-hybridized carbons (Fsp3) is 0.333. The highest BCUT2D eigenvalue weighted by Crippen LogP contribution is 2.36. The lowest BCUT2D eigenvalue weighted by molar-refractivity contribution is -0.274. The van der Waals surface area contributed by atoms with E-state index in [1.54, 1.807) is 4.90 Å². The van der Waals surface area contributed by atoms with E-state index < -0.39 is 28.7 Å². The maximum atomic E-state index is 12.8. The Balaban J connectivity index is 1.90. The van der Waals surface area contributed by atoms with Crippen LogP contribution in [0.2, 0.25) is 0 Å². The number of rotatable bonds is 7. The molecule has 7 nitrogen and oxygen atoms in total. The summed E-state index contributed by atoms with van der Waals surface area (Å²) in [4.78, 5) is 1.27. The molecule has 0 saturated carbocycles. The number of hydrogen-bond donors (Lipinski definition) is 2. The molecule has 0 radical (unpaired) electrons. The van der Waals surface area contributed by atoms with Crippen LogP contribution in [0.4, 0.5) is 33.3 Å². The minimum absolute atomic E-state index is 0.0248. The second-order valence-electron chi connectivity index (χ2n) is 6.43. The third-order valence-electron chi connectivity index (χ3n) is 4.24. The number of halogens is 5. The average Bonchev–Trinajstić information content (AvgIpc) is 2.68. The minimum Gasteiger partial charge on any atom is -0.435 e. The predicted molar refractivity (Wildman–Crippen MR) is 102 cm³/mol. The summed E-state index contributed by atoms with van der Waals surface area (Å²) < 4.78 is 98.9. The molecule has 0 atom stereocenters. The van der Waals surface area contributed by atoms with Gasteiger partial charge in [-0.3, -0.25) is 4.72 Å². The molecule has 2 aromatic rings. The van der Waals surface area contributed by atoms with Crippen molar-refractivity contribution < 1.29 is 39.8 Å². The summed E-state index contributed by atoms with van der Waals surface area (Å²) in [6.07, 6.45) is -4.92. The van der Waals surface area contributed by atoms with Gasteiger partial charge in [-0.2, -0.15) is 8.78 Å². The highest BCUT2D eigenvalue weighted by Gasteiger charge is 2.33. The van der Waals surface area contributed by atoms with Gasteiger partial charge in [0, 0.05) is 32.2 Å². The molecular formula is C18H18F5N3O4S. The van der Waals surface area contributed by atoms with Crippen LogP contribution in [-0.4, -0.2) is 47.6 Å². The fourth-order valence-electron chi connectivity index (χ4n) is 2.98. The molecule has 0 aliphatic carbocycles. The maximum Gasteiger partial charge on any atom is 0.573 e. The van der Waals surface area contributed by atoms with Crippen molar-refractivity contribution in [1.29, 1.82) is 0 Å². The molecule has 170 valence electrons. The number of nitrogens with one attached hydrogen (secondary N) is 2. The monoisotopic (exact) mass is 467 g/mol. The van der Waals surface area contributed by atoms with Gasteiger partial charge in [0.15, 0.2) is 5.75 Å². The van der Waals surface area contributed by atoms with Crippen molar-refractivity contribution in [1.82, 2.24) is 5.32 Å². The Morgan fingerprint density at radius 3 is 2.42 bits per heavy atom. The summed E-state index contributed by atoms with van der Waals surface area (Å²) >= 11 is 0. The number of hydrogen-bond acceptors (Lipinski definition) is 6. The highest BCUT2D eigenvalue weighted by molar-refractivity contribution is 7.92. The van der Waals surface area contributed by atoms with Crippen LogP contribution < -0.4 is 24.4 Å². The zero-order valence-corrected chi connectivity index (χ0v) is 16.6. The summed E-state index contributed by atoms with van der Waals surface area (Å²) in [5.41, 5.74) is 0.0389. The number of benzene rings is 2. The van der Waals surface area contributed by atoms with E-state index in [-0.39, 0.29) is 22.0 Å². The van der Waals surface area contributed by atoms with Crippen LogP contribution in [0.15, 0.2) is 47.4 Å². The van der Waals surface area contributed by atoms with Gasteiger partial charge in [-0.05, 0) is 30.3 Å². The summed E-state index contributed by atoms with van der Waals surface area (Å²) in [5.74, 6) is -0.821. The highest BCUT2D eigenvalue weighted by atomic mass is 32.2. The van der Waals surface area contributed by atoms with Crippen molar-refractivity contribution in [2.75, 3.05) is 35.8 Å². The molecule has 0 spiro atoms. The number of piperazine rings is 1. The number of sulfonamides is 1. The predicted octanol–water partition coefficient (Wildman–Crippen LogP) is 3.40.